The molecule has 0 aromatic heterocycles. The van der Waals surface area contributed by atoms with Gasteiger partial charge in [-0.3, -0.25) is 0 Å². The molecule has 0 aliphatic carbocycles. The maximum absolute atomic E-state index is 13.3. The number of ether oxygens (including phenoxy) is 2. The smallest absolute Gasteiger partial charge is 0.161 e. The molecule has 2 atom stereocenters. The number of methoxy groups -OCH3 is 2. The van der Waals surface area contributed by atoms with Gasteiger partial charge in [0.2, 0.25) is 0 Å². The van der Waals surface area contributed by atoms with Crippen LogP contribution in [0.5, 0.6) is 11.5 Å². The van der Waals surface area contributed by atoms with E-state index in [1.165, 1.54) is 57.1 Å². The maximum Gasteiger partial charge on any atom is 0.161 e. The Morgan fingerprint density at radius 1 is 0.860 bits per heavy atom. The maximum atomic E-state index is 13.3. The predicted octanol–water partition coefficient (Wildman–Crippen LogP) is 9.14. The Kier molecular flexibility index (Phi) is 15.3. The van der Waals surface area contributed by atoms with Crippen molar-refractivity contribution in [1.82, 2.24) is 4.90 Å². The number of aliphatic hydroxyl groups excluding tert-OH is 1. The number of piperidine rings is 1. The second-order valence-corrected chi connectivity index (χ2v) is 12.5. The predicted molar refractivity (Wildman–Crippen MR) is 173 cm³/mol. The van der Waals surface area contributed by atoms with E-state index < -0.39 is 11.5 Å². The lowest BCUT2D eigenvalue weighted by Gasteiger charge is -2.34. The molecule has 5 nitrogen and oxygen atoms in total. The van der Waals surface area contributed by atoms with Crippen molar-refractivity contribution in [2.24, 2.45) is 5.92 Å². The summed E-state index contributed by atoms with van der Waals surface area (Å²) in [6.07, 6.45) is 16.3. The molecule has 2 aromatic carbocycles. The molecule has 1 fully saturated rings. The Hall–Kier alpha value is -2.62. The first-order valence-corrected chi connectivity index (χ1v) is 16.8. The van der Waals surface area contributed by atoms with Crippen LogP contribution in [0.3, 0.4) is 0 Å². The van der Waals surface area contributed by atoms with Crippen LogP contribution in [0.1, 0.15) is 120 Å². The molecule has 238 valence electrons. The van der Waals surface area contributed by atoms with Crippen molar-refractivity contribution in [2.75, 3.05) is 33.9 Å². The van der Waals surface area contributed by atoms with E-state index in [-0.39, 0.29) is 11.7 Å². The van der Waals surface area contributed by atoms with Crippen LogP contribution in [0.25, 0.3) is 0 Å². The molecule has 0 bridgehead atoms. The summed E-state index contributed by atoms with van der Waals surface area (Å²) >= 11 is 0. The third-order valence-electron chi connectivity index (χ3n) is 9.48. The van der Waals surface area contributed by atoms with Gasteiger partial charge in [0, 0.05) is 0 Å². The number of nitrogens with zero attached hydrogens (tertiary/aromatic N) is 2. The highest BCUT2D eigenvalue weighted by atomic mass is 19.1. The van der Waals surface area contributed by atoms with Gasteiger partial charge in [0.1, 0.15) is 5.82 Å². The first-order valence-electron chi connectivity index (χ1n) is 16.8. The van der Waals surface area contributed by atoms with Gasteiger partial charge < -0.3 is 19.5 Å². The van der Waals surface area contributed by atoms with E-state index in [0.717, 1.165) is 82.1 Å². The van der Waals surface area contributed by atoms with E-state index in [1.807, 2.05) is 12.1 Å². The average Bonchev–Trinajstić information content (AvgIpc) is 3.05. The fourth-order valence-corrected chi connectivity index (χ4v) is 6.65. The second-order valence-electron chi connectivity index (χ2n) is 12.5. The Morgan fingerprint density at radius 3 is 2.02 bits per heavy atom. The van der Waals surface area contributed by atoms with Gasteiger partial charge in [-0.15, -0.1) is 0 Å². The van der Waals surface area contributed by atoms with Gasteiger partial charge in [-0.05, 0) is 93.0 Å². The summed E-state index contributed by atoms with van der Waals surface area (Å²) in [5, 5.41) is 21.4. The van der Waals surface area contributed by atoms with Crippen molar-refractivity contribution in [2.45, 2.75) is 115 Å². The summed E-state index contributed by atoms with van der Waals surface area (Å²) in [7, 11) is 3.30. The van der Waals surface area contributed by atoms with Crippen molar-refractivity contribution >= 4 is 0 Å². The van der Waals surface area contributed by atoms with E-state index in [4.69, 9.17) is 9.47 Å². The summed E-state index contributed by atoms with van der Waals surface area (Å²) in [5.41, 5.74) is 1.33. The Morgan fingerprint density at radius 2 is 1.44 bits per heavy atom. The van der Waals surface area contributed by atoms with Crippen LogP contribution in [0, 0.1) is 23.1 Å². The normalized spacial score (nSPS) is 16.4. The molecule has 2 aromatic rings. The third-order valence-corrected chi connectivity index (χ3v) is 9.48. The zero-order valence-electron chi connectivity index (χ0n) is 27.0. The minimum atomic E-state index is -0.528. The molecule has 0 saturated carbocycles. The Labute approximate surface area is 260 Å². The van der Waals surface area contributed by atoms with Crippen molar-refractivity contribution < 1.29 is 19.0 Å². The SMILES string of the molecule is CCCCCCCCCCC(C#N)(CCCCCN1CCC(C(O)c2ccc(F)cc2)CC1)c1ccc(OC)c(OC)c1. The summed E-state index contributed by atoms with van der Waals surface area (Å²) in [6, 6.07) is 15.0. The van der Waals surface area contributed by atoms with E-state index in [9.17, 15) is 14.8 Å². The average molecular weight is 595 g/mol. The van der Waals surface area contributed by atoms with Gasteiger partial charge in [0.05, 0.1) is 31.8 Å². The first kappa shape index (κ1) is 34.9. The summed E-state index contributed by atoms with van der Waals surface area (Å²) in [5.74, 6) is 1.33. The van der Waals surface area contributed by atoms with Crippen LogP contribution in [0.2, 0.25) is 0 Å². The molecule has 3 rings (SSSR count). The summed E-state index contributed by atoms with van der Waals surface area (Å²) in [6.45, 7) is 5.26. The Balaban J connectivity index is 1.48. The van der Waals surface area contributed by atoms with Crippen molar-refractivity contribution in [3.63, 3.8) is 0 Å². The van der Waals surface area contributed by atoms with Crippen molar-refractivity contribution in [3.8, 4) is 17.6 Å². The molecule has 1 saturated heterocycles. The van der Waals surface area contributed by atoms with Gasteiger partial charge in [-0.1, -0.05) is 89.3 Å². The standard InChI is InChI=1S/C37H55FN2O3/c1-4-5-6-7-8-9-10-12-23-37(29-39,32-17-20-34(42-2)35(28-32)43-3)24-13-11-14-25-40-26-21-31(22-27-40)36(41)30-15-18-33(38)19-16-30/h15-20,28,31,36,41H,4-14,21-27H2,1-3H3. The monoisotopic (exact) mass is 594 g/mol. The number of hydrogen-bond acceptors (Lipinski definition) is 5. The molecule has 43 heavy (non-hydrogen) atoms. The largest absolute Gasteiger partial charge is 0.493 e. The summed E-state index contributed by atoms with van der Waals surface area (Å²) in [4.78, 5) is 2.50. The van der Waals surface area contributed by atoms with Gasteiger partial charge >= 0.3 is 0 Å². The van der Waals surface area contributed by atoms with Gasteiger partial charge in [-0.2, -0.15) is 5.26 Å². The van der Waals surface area contributed by atoms with Crippen LogP contribution in [-0.4, -0.2) is 43.9 Å². The molecule has 1 aliphatic heterocycles. The zero-order chi connectivity index (χ0) is 30.9. The Bertz CT molecular complexity index is 1090. The number of rotatable bonds is 20. The van der Waals surface area contributed by atoms with Crippen molar-refractivity contribution in [3.05, 3.63) is 59.4 Å². The third kappa shape index (κ3) is 10.8. The highest BCUT2D eigenvalue weighted by Gasteiger charge is 2.32. The number of aliphatic hydroxyl groups is 1. The van der Waals surface area contributed by atoms with E-state index >= 15 is 0 Å². The number of hydrogen-bond donors (Lipinski definition) is 1. The molecule has 2 unspecified atom stereocenters. The fraction of sp³-hybridized carbons (Fsp3) is 0.649. The van der Waals surface area contributed by atoms with Crippen LogP contribution in [-0.2, 0) is 5.41 Å². The van der Waals surface area contributed by atoms with Crippen LogP contribution in [0.4, 0.5) is 4.39 Å². The fourth-order valence-electron chi connectivity index (χ4n) is 6.65. The topological polar surface area (TPSA) is 65.7 Å². The number of likely N-dealkylation sites (tertiary alicyclic amines) is 1. The molecule has 0 spiro atoms. The van der Waals surface area contributed by atoms with Crippen molar-refractivity contribution in [1.29, 1.82) is 5.26 Å². The lowest BCUT2D eigenvalue weighted by molar-refractivity contribution is 0.0583. The molecule has 1 heterocycles. The lowest BCUT2D eigenvalue weighted by Crippen LogP contribution is -2.36. The number of nitriles is 1. The van der Waals surface area contributed by atoms with Gasteiger partial charge in [-0.25, -0.2) is 4.39 Å². The van der Waals surface area contributed by atoms with E-state index in [0.29, 0.717) is 11.5 Å². The van der Waals surface area contributed by atoms with Crippen LogP contribution in [0.15, 0.2) is 42.5 Å². The molecular weight excluding hydrogens is 539 g/mol. The van der Waals surface area contributed by atoms with Crippen LogP contribution < -0.4 is 9.47 Å². The molecule has 1 aliphatic rings. The van der Waals surface area contributed by atoms with E-state index in [1.54, 1.807) is 26.4 Å². The highest BCUT2D eigenvalue weighted by Crippen LogP contribution is 2.40. The van der Waals surface area contributed by atoms with Crippen LogP contribution >= 0.6 is 0 Å². The quantitative estimate of drug-likeness (QED) is 0.155. The number of unbranched alkanes of at least 4 members (excludes halogenated alkanes) is 9. The molecular formula is C37H55FN2O3. The minimum absolute atomic E-state index is 0.218. The van der Waals surface area contributed by atoms with Gasteiger partial charge in [0.25, 0.3) is 0 Å². The first-order chi connectivity index (χ1) is 21.0. The molecule has 1 N–H and O–H groups in total. The molecule has 0 radical (unpaired) electrons. The van der Waals surface area contributed by atoms with Gasteiger partial charge in [0.15, 0.2) is 11.5 Å². The summed E-state index contributed by atoms with van der Waals surface area (Å²) < 4.78 is 24.3. The lowest BCUT2D eigenvalue weighted by atomic mass is 9.73. The minimum Gasteiger partial charge on any atom is -0.493 e. The zero-order valence-corrected chi connectivity index (χ0v) is 27.0. The molecule has 0 amide bonds. The van der Waals surface area contributed by atoms with E-state index in [2.05, 4.69) is 24.0 Å². The number of halogens is 1. The second kappa shape index (κ2) is 18.9. The number of benzene rings is 2. The molecule has 6 heteroatoms. The highest BCUT2D eigenvalue weighted by molar-refractivity contribution is 5.47.